The van der Waals surface area contributed by atoms with Crippen molar-refractivity contribution in [3.05, 3.63) is 35.6 Å². The minimum atomic E-state index is -0.714. The number of carbonyl (C=O) groups is 2. The van der Waals surface area contributed by atoms with E-state index in [-0.39, 0.29) is 12.4 Å². The van der Waals surface area contributed by atoms with Gasteiger partial charge in [0.25, 0.3) is 0 Å². The smallest absolute Gasteiger partial charge is 0.309 e. The van der Waals surface area contributed by atoms with Gasteiger partial charge < -0.3 is 10.6 Å². The summed E-state index contributed by atoms with van der Waals surface area (Å²) in [4.78, 5) is 22.6. The highest BCUT2D eigenvalue weighted by Crippen LogP contribution is 2.01. The van der Waals surface area contributed by atoms with E-state index in [0.717, 1.165) is 5.56 Å². The van der Waals surface area contributed by atoms with Crippen LogP contribution in [-0.4, -0.2) is 24.2 Å². The van der Waals surface area contributed by atoms with E-state index in [2.05, 4.69) is 10.6 Å². The zero-order valence-electron chi connectivity index (χ0n) is 9.71. The standard InChI is InChI=1S/C12H14ClFN2O2/c13-6-1-7-15-11(17)12(18)16-8-9-2-4-10(14)5-3-9/h2-5H,1,6-8H2,(H,15,17)(H,16,18). The summed E-state index contributed by atoms with van der Waals surface area (Å²) in [6, 6.07) is 5.67. The van der Waals surface area contributed by atoms with Gasteiger partial charge in [-0.15, -0.1) is 11.6 Å². The molecule has 0 fully saturated rings. The average Bonchev–Trinajstić information content (AvgIpc) is 2.38. The number of nitrogens with one attached hydrogen (secondary N) is 2. The van der Waals surface area contributed by atoms with Crippen LogP contribution in [0.5, 0.6) is 0 Å². The minimum absolute atomic E-state index is 0.183. The number of rotatable bonds is 5. The average molecular weight is 273 g/mol. The molecular weight excluding hydrogens is 259 g/mol. The van der Waals surface area contributed by atoms with Gasteiger partial charge in [-0.25, -0.2) is 4.39 Å². The summed E-state index contributed by atoms with van der Waals surface area (Å²) in [6.07, 6.45) is 0.610. The lowest BCUT2D eigenvalue weighted by Crippen LogP contribution is -2.40. The molecular formula is C12H14ClFN2O2. The van der Waals surface area contributed by atoms with Crippen LogP contribution in [0.3, 0.4) is 0 Å². The second-order valence-electron chi connectivity index (χ2n) is 3.61. The molecule has 0 atom stereocenters. The first-order chi connectivity index (χ1) is 8.63. The molecule has 0 aromatic heterocycles. The predicted octanol–water partition coefficient (Wildman–Crippen LogP) is 1.19. The van der Waals surface area contributed by atoms with Gasteiger partial charge in [0.15, 0.2) is 0 Å². The summed E-state index contributed by atoms with van der Waals surface area (Å²) in [6.45, 7) is 0.550. The first-order valence-corrected chi connectivity index (χ1v) is 6.03. The quantitative estimate of drug-likeness (QED) is 0.481. The number of hydrogen-bond acceptors (Lipinski definition) is 2. The molecule has 0 aliphatic rings. The van der Waals surface area contributed by atoms with Crippen molar-refractivity contribution < 1.29 is 14.0 Å². The number of alkyl halides is 1. The van der Waals surface area contributed by atoms with E-state index in [1.165, 1.54) is 12.1 Å². The zero-order valence-corrected chi connectivity index (χ0v) is 10.5. The fourth-order valence-corrected chi connectivity index (χ4v) is 1.35. The number of carbonyl (C=O) groups excluding carboxylic acids is 2. The third-order valence-electron chi connectivity index (χ3n) is 2.17. The molecule has 0 aliphatic carbocycles. The maximum absolute atomic E-state index is 12.6. The van der Waals surface area contributed by atoms with Crippen LogP contribution < -0.4 is 10.6 Å². The summed E-state index contributed by atoms with van der Waals surface area (Å²) in [7, 11) is 0. The molecule has 1 rings (SSSR count). The van der Waals surface area contributed by atoms with Crippen LogP contribution in [0.15, 0.2) is 24.3 Å². The molecule has 0 spiro atoms. The third kappa shape index (κ3) is 5.14. The van der Waals surface area contributed by atoms with Gasteiger partial charge in [-0.1, -0.05) is 12.1 Å². The molecule has 0 unspecified atom stereocenters. The fraction of sp³-hybridized carbons (Fsp3) is 0.333. The van der Waals surface area contributed by atoms with E-state index in [4.69, 9.17) is 11.6 Å². The monoisotopic (exact) mass is 272 g/mol. The van der Waals surface area contributed by atoms with Gasteiger partial charge in [0, 0.05) is 19.0 Å². The third-order valence-corrected chi connectivity index (χ3v) is 2.44. The Balaban J connectivity index is 2.32. The summed E-state index contributed by atoms with van der Waals surface area (Å²) >= 11 is 5.44. The van der Waals surface area contributed by atoms with Gasteiger partial charge in [0.05, 0.1) is 0 Å². The molecule has 6 heteroatoms. The van der Waals surface area contributed by atoms with Crippen LogP contribution in [-0.2, 0) is 16.1 Å². The second kappa shape index (κ2) is 7.66. The summed E-state index contributed by atoms with van der Waals surface area (Å²) in [5.74, 6) is -1.32. The normalized spacial score (nSPS) is 9.89. The Labute approximate surface area is 110 Å². The molecule has 0 saturated carbocycles. The van der Waals surface area contributed by atoms with Gasteiger partial charge in [-0.05, 0) is 24.1 Å². The van der Waals surface area contributed by atoms with E-state index < -0.39 is 11.8 Å². The largest absolute Gasteiger partial charge is 0.348 e. The molecule has 98 valence electrons. The molecule has 4 nitrogen and oxygen atoms in total. The van der Waals surface area contributed by atoms with Gasteiger partial charge >= 0.3 is 11.8 Å². The summed E-state index contributed by atoms with van der Waals surface area (Å²) in [5, 5.41) is 4.87. The van der Waals surface area contributed by atoms with Crippen LogP contribution in [0.1, 0.15) is 12.0 Å². The van der Waals surface area contributed by atoms with Crippen LogP contribution in [0, 0.1) is 5.82 Å². The van der Waals surface area contributed by atoms with E-state index in [1.807, 2.05) is 0 Å². The second-order valence-corrected chi connectivity index (χ2v) is 3.99. The predicted molar refractivity (Wildman–Crippen MR) is 66.6 cm³/mol. The number of amides is 2. The molecule has 0 heterocycles. The van der Waals surface area contributed by atoms with Crippen molar-refractivity contribution in [3.8, 4) is 0 Å². The Kier molecular flexibility index (Phi) is 6.14. The lowest BCUT2D eigenvalue weighted by molar-refractivity contribution is -0.139. The summed E-state index contributed by atoms with van der Waals surface area (Å²) in [5.41, 5.74) is 0.721. The Morgan fingerprint density at radius 3 is 2.33 bits per heavy atom. The fourth-order valence-electron chi connectivity index (χ4n) is 1.21. The van der Waals surface area contributed by atoms with Crippen molar-refractivity contribution in [1.29, 1.82) is 0 Å². The Hall–Kier alpha value is -1.62. The van der Waals surface area contributed by atoms with Crippen molar-refractivity contribution in [1.82, 2.24) is 10.6 Å². The first kappa shape index (κ1) is 14.4. The molecule has 2 N–H and O–H groups in total. The SMILES string of the molecule is O=C(NCCCCl)C(=O)NCc1ccc(F)cc1. The highest BCUT2D eigenvalue weighted by Gasteiger charge is 2.11. The number of hydrogen-bond donors (Lipinski definition) is 2. The Morgan fingerprint density at radius 2 is 1.72 bits per heavy atom. The number of halogens is 2. The molecule has 0 bridgehead atoms. The number of benzene rings is 1. The van der Waals surface area contributed by atoms with E-state index in [9.17, 15) is 14.0 Å². The first-order valence-electron chi connectivity index (χ1n) is 5.50. The zero-order chi connectivity index (χ0) is 13.4. The molecule has 0 aliphatic heterocycles. The minimum Gasteiger partial charge on any atom is -0.348 e. The van der Waals surface area contributed by atoms with Crippen molar-refractivity contribution in [2.45, 2.75) is 13.0 Å². The van der Waals surface area contributed by atoms with Gasteiger partial charge in [0.2, 0.25) is 0 Å². The van der Waals surface area contributed by atoms with Gasteiger partial charge in [-0.3, -0.25) is 9.59 Å². The van der Waals surface area contributed by atoms with Gasteiger partial charge in [0.1, 0.15) is 5.82 Å². The molecule has 1 aromatic carbocycles. The van der Waals surface area contributed by atoms with Gasteiger partial charge in [-0.2, -0.15) is 0 Å². The van der Waals surface area contributed by atoms with Crippen LogP contribution in [0.4, 0.5) is 4.39 Å². The molecule has 0 radical (unpaired) electrons. The van der Waals surface area contributed by atoms with Crippen molar-refractivity contribution >= 4 is 23.4 Å². The van der Waals surface area contributed by atoms with Crippen molar-refractivity contribution in [2.24, 2.45) is 0 Å². The van der Waals surface area contributed by atoms with E-state index in [0.29, 0.717) is 18.8 Å². The lowest BCUT2D eigenvalue weighted by atomic mass is 10.2. The lowest BCUT2D eigenvalue weighted by Gasteiger charge is -2.05. The molecule has 18 heavy (non-hydrogen) atoms. The van der Waals surface area contributed by atoms with Crippen molar-refractivity contribution in [3.63, 3.8) is 0 Å². The topological polar surface area (TPSA) is 58.2 Å². The van der Waals surface area contributed by atoms with E-state index >= 15 is 0 Å². The van der Waals surface area contributed by atoms with E-state index in [1.54, 1.807) is 12.1 Å². The highest BCUT2D eigenvalue weighted by atomic mass is 35.5. The Morgan fingerprint density at radius 1 is 1.11 bits per heavy atom. The van der Waals surface area contributed by atoms with Crippen LogP contribution >= 0.6 is 11.6 Å². The molecule has 1 aromatic rings. The maximum atomic E-state index is 12.6. The molecule has 2 amide bonds. The van der Waals surface area contributed by atoms with Crippen molar-refractivity contribution in [2.75, 3.05) is 12.4 Å². The molecule has 0 saturated heterocycles. The maximum Gasteiger partial charge on any atom is 0.309 e. The Bertz CT molecular complexity index is 409. The summed E-state index contributed by atoms with van der Waals surface area (Å²) < 4.78 is 12.6. The highest BCUT2D eigenvalue weighted by molar-refractivity contribution is 6.35. The van der Waals surface area contributed by atoms with Crippen LogP contribution in [0.2, 0.25) is 0 Å². The van der Waals surface area contributed by atoms with Crippen LogP contribution in [0.25, 0.3) is 0 Å².